The first-order chi connectivity index (χ1) is 9.92. The first kappa shape index (κ1) is 15.0. The van der Waals surface area contributed by atoms with Crippen molar-refractivity contribution in [1.29, 1.82) is 0 Å². The molecule has 0 fully saturated rings. The summed E-state index contributed by atoms with van der Waals surface area (Å²) in [6.45, 7) is 1.99. The summed E-state index contributed by atoms with van der Waals surface area (Å²) in [5, 5.41) is 10.9. The predicted molar refractivity (Wildman–Crippen MR) is 76.7 cm³/mol. The lowest BCUT2D eigenvalue weighted by Crippen LogP contribution is -2.15. The Morgan fingerprint density at radius 1 is 1.43 bits per heavy atom. The molecule has 0 saturated heterocycles. The van der Waals surface area contributed by atoms with Crippen LogP contribution in [-0.4, -0.2) is 35.2 Å². The number of nitrogens with two attached hydrogens (primary N) is 1. The zero-order valence-corrected chi connectivity index (χ0v) is 12.3. The highest BCUT2D eigenvalue weighted by atomic mass is 32.2. The fraction of sp³-hybridized carbons (Fsp3) is 0.250. The Hall–Kier alpha value is -2.44. The number of aromatic nitrogens is 4. The molecule has 0 saturated carbocycles. The van der Waals surface area contributed by atoms with Crippen LogP contribution in [0, 0.1) is 18.8 Å². The van der Waals surface area contributed by atoms with Crippen LogP contribution in [0.25, 0.3) is 0 Å². The van der Waals surface area contributed by atoms with Crippen molar-refractivity contribution in [2.45, 2.75) is 11.8 Å². The van der Waals surface area contributed by atoms with Crippen molar-refractivity contribution >= 4 is 16.0 Å². The van der Waals surface area contributed by atoms with Crippen molar-refractivity contribution < 1.29 is 8.42 Å². The number of hydrogen-bond acceptors (Lipinski definition) is 6. The van der Waals surface area contributed by atoms with Crippen molar-refractivity contribution in [2.24, 2.45) is 12.8 Å². The summed E-state index contributed by atoms with van der Waals surface area (Å²) in [6.07, 6.45) is 0. The van der Waals surface area contributed by atoms with Crippen LogP contribution in [0.5, 0.6) is 0 Å². The zero-order chi connectivity index (χ0) is 15.5. The number of nitrogens with zero attached hydrogens (tertiary/aromatic N) is 4. The van der Waals surface area contributed by atoms with Crippen LogP contribution in [0.2, 0.25) is 0 Å². The molecule has 1 aromatic heterocycles. The fourth-order valence-corrected chi connectivity index (χ4v) is 2.70. The second kappa shape index (κ2) is 5.90. The molecule has 8 nitrogen and oxygen atoms in total. The van der Waals surface area contributed by atoms with Gasteiger partial charge >= 0.3 is 0 Å². The van der Waals surface area contributed by atoms with Crippen LogP contribution in [0.4, 0.5) is 5.95 Å². The van der Waals surface area contributed by atoms with E-state index in [1.165, 1.54) is 13.1 Å². The number of anilines is 1. The van der Waals surface area contributed by atoms with Crippen LogP contribution >= 0.6 is 0 Å². The van der Waals surface area contributed by atoms with Gasteiger partial charge in [0.1, 0.15) is 4.90 Å². The Morgan fingerprint density at radius 2 is 2.19 bits per heavy atom. The first-order valence-corrected chi connectivity index (χ1v) is 7.47. The van der Waals surface area contributed by atoms with E-state index in [4.69, 9.17) is 5.73 Å². The Kier molecular flexibility index (Phi) is 4.21. The Bertz CT molecular complexity index is 816. The number of sulfonamides is 1. The quantitative estimate of drug-likeness (QED) is 0.747. The summed E-state index contributed by atoms with van der Waals surface area (Å²) < 4.78 is 27.0. The van der Waals surface area contributed by atoms with E-state index in [9.17, 15) is 8.42 Å². The molecular weight excluding hydrogens is 292 g/mol. The zero-order valence-electron chi connectivity index (χ0n) is 11.5. The largest absolute Gasteiger partial charge is 0.320 e. The van der Waals surface area contributed by atoms with Crippen molar-refractivity contribution in [1.82, 2.24) is 20.2 Å². The van der Waals surface area contributed by atoms with E-state index in [1.54, 1.807) is 12.1 Å². The van der Waals surface area contributed by atoms with E-state index in [-0.39, 0.29) is 17.4 Å². The van der Waals surface area contributed by atoms with Gasteiger partial charge in [-0.25, -0.2) is 13.1 Å². The number of benzene rings is 1. The van der Waals surface area contributed by atoms with E-state index in [1.807, 2.05) is 6.92 Å². The molecule has 0 bridgehead atoms. The number of rotatable bonds is 3. The molecule has 2 rings (SSSR count). The van der Waals surface area contributed by atoms with Crippen molar-refractivity contribution in [2.75, 3.05) is 11.3 Å². The van der Waals surface area contributed by atoms with Crippen molar-refractivity contribution in [3.63, 3.8) is 0 Å². The monoisotopic (exact) mass is 306 g/mol. The standard InChI is InChI=1S/C12H14N6O2S/c1-9-5-6-11(10(8-9)4-3-7-13)21(19,20)16-12-14-17-18(2)15-12/h5-6,8H,7,13H2,1-2H3,(H,15,16). The van der Waals surface area contributed by atoms with Crippen LogP contribution in [0.3, 0.4) is 0 Å². The highest BCUT2D eigenvalue weighted by Crippen LogP contribution is 2.18. The van der Waals surface area contributed by atoms with Crippen LogP contribution in [0.1, 0.15) is 11.1 Å². The van der Waals surface area contributed by atoms with E-state index >= 15 is 0 Å². The SMILES string of the molecule is Cc1ccc(S(=O)(=O)Nc2nnn(C)n2)c(C#CCN)c1. The molecule has 0 atom stereocenters. The van der Waals surface area contributed by atoms with Crippen molar-refractivity contribution in [3.8, 4) is 11.8 Å². The van der Waals surface area contributed by atoms with Gasteiger partial charge in [0.25, 0.3) is 16.0 Å². The highest BCUT2D eigenvalue weighted by Gasteiger charge is 2.20. The second-order valence-electron chi connectivity index (χ2n) is 4.21. The molecule has 0 unspecified atom stereocenters. The molecule has 2 aromatic rings. The summed E-state index contributed by atoms with van der Waals surface area (Å²) in [5.41, 5.74) is 6.60. The third-order valence-electron chi connectivity index (χ3n) is 2.48. The molecule has 0 aliphatic carbocycles. The molecule has 0 aliphatic rings. The fourth-order valence-electron chi connectivity index (χ4n) is 1.62. The van der Waals surface area contributed by atoms with Gasteiger partial charge in [-0.1, -0.05) is 23.0 Å². The minimum atomic E-state index is -3.85. The molecule has 110 valence electrons. The smallest absolute Gasteiger partial charge is 0.277 e. The lowest BCUT2D eigenvalue weighted by atomic mass is 10.1. The molecule has 21 heavy (non-hydrogen) atoms. The van der Waals surface area contributed by atoms with Gasteiger partial charge in [0.15, 0.2) is 0 Å². The topological polar surface area (TPSA) is 116 Å². The van der Waals surface area contributed by atoms with Gasteiger partial charge in [0.05, 0.1) is 13.6 Å². The van der Waals surface area contributed by atoms with Gasteiger partial charge in [-0.2, -0.15) is 4.80 Å². The van der Waals surface area contributed by atoms with Gasteiger partial charge in [-0.15, -0.1) is 5.10 Å². The van der Waals surface area contributed by atoms with Crippen LogP contribution < -0.4 is 10.5 Å². The Morgan fingerprint density at radius 3 is 2.81 bits per heavy atom. The van der Waals surface area contributed by atoms with Gasteiger partial charge in [0, 0.05) is 5.56 Å². The molecule has 0 spiro atoms. The maximum atomic E-state index is 12.4. The molecule has 0 amide bonds. The number of nitrogens with one attached hydrogen (secondary N) is 1. The van der Waals surface area contributed by atoms with Crippen LogP contribution in [-0.2, 0) is 17.1 Å². The lowest BCUT2D eigenvalue weighted by Gasteiger charge is -2.07. The maximum absolute atomic E-state index is 12.4. The van der Waals surface area contributed by atoms with Gasteiger partial charge in [0.2, 0.25) is 0 Å². The minimum absolute atomic E-state index is 0.0431. The highest BCUT2D eigenvalue weighted by molar-refractivity contribution is 7.92. The van der Waals surface area contributed by atoms with Crippen molar-refractivity contribution in [3.05, 3.63) is 29.3 Å². The lowest BCUT2D eigenvalue weighted by molar-refractivity contribution is 0.600. The number of aryl methyl sites for hydroxylation is 2. The average molecular weight is 306 g/mol. The summed E-state index contributed by atoms with van der Waals surface area (Å²) >= 11 is 0. The Balaban J connectivity index is 2.44. The summed E-state index contributed by atoms with van der Waals surface area (Å²) in [5.74, 6) is 5.30. The molecule has 3 N–H and O–H groups in total. The molecular formula is C12H14N6O2S. The summed E-state index contributed by atoms with van der Waals surface area (Å²) in [4.78, 5) is 1.20. The van der Waals surface area contributed by atoms with E-state index in [0.29, 0.717) is 5.56 Å². The molecule has 0 radical (unpaired) electrons. The van der Waals surface area contributed by atoms with E-state index in [0.717, 1.165) is 10.4 Å². The third kappa shape index (κ3) is 3.56. The van der Waals surface area contributed by atoms with E-state index < -0.39 is 10.0 Å². The summed E-state index contributed by atoms with van der Waals surface area (Å²) in [6, 6.07) is 4.85. The average Bonchev–Trinajstić information content (AvgIpc) is 2.80. The number of tetrazole rings is 1. The molecule has 1 heterocycles. The second-order valence-corrected chi connectivity index (χ2v) is 5.86. The molecule has 1 aromatic carbocycles. The molecule has 0 aliphatic heterocycles. The van der Waals surface area contributed by atoms with Gasteiger partial charge in [-0.3, -0.25) is 0 Å². The third-order valence-corrected chi connectivity index (χ3v) is 3.87. The van der Waals surface area contributed by atoms with Gasteiger partial charge in [-0.05, 0) is 29.8 Å². The summed E-state index contributed by atoms with van der Waals surface area (Å²) in [7, 11) is -2.31. The van der Waals surface area contributed by atoms with Crippen LogP contribution in [0.15, 0.2) is 23.1 Å². The predicted octanol–water partition coefficient (Wildman–Crippen LogP) is -0.370. The van der Waals surface area contributed by atoms with E-state index in [2.05, 4.69) is 32.0 Å². The first-order valence-electron chi connectivity index (χ1n) is 5.99. The Labute approximate surface area is 122 Å². The minimum Gasteiger partial charge on any atom is -0.320 e. The maximum Gasteiger partial charge on any atom is 0.277 e. The molecule has 9 heteroatoms. The van der Waals surface area contributed by atoms with Gasteiger partial charge < -0.3 is 5.73 Å². The number of hydrogen-bond donors (Lipinski definition) is 2. The normalized spacial score (nSPS) is 10.8.